The van der Waals surface area contributed by atoms with Gasteiger partial charge in [0.2, 0.25) is 5.91 Å². The molecule has 0 radical (unpaired) electrons. The molecule has 5 rings (SSSR count). The number of nitrogens with zero attached hydrogens (tertiary/aromatic N) is 3. The lowest BCUT2D eigenvalue weighted by Crippen LogP contribution is -2.38. The van der Waals surface area contributed by atoms with Gasteiger partial charge in [0.1, 0.15) is 6.10 Å². The molecule has 3 unspecified atom stereocenters. The fourth-order valence-corrected chi connectivity index (χ4v) is 5.40. The number of anilines is 1. The van der Waals surface area contributed by atoms with Crippen LogP contribution < -0.4 is 4.90 Å². The lowest BCUT2D eigenvalue weighted by molar-refractivity contribution is -0.128. The van der Waals surface area contributed by atoms with E-state index in [0.717, 1.165) is 38.4 Å². The van der Waals surface area contributed by atoms with Gasteiger partial charge in [0.15, 0.2) is 0 Å². The van der Waals surface area contributed by atoms with Gasteiger partial charge in [0, 0.05) is 37.7 Å². The summed E-state index contributed by atoms with van der Waals surface area (Å²) in [6.45, 7) is 7.06. The van der Waals surface area contributed by atoms with Crippen LogP contribution in [0.5, 0.6) is 0 Å². The predicted octanol–water partition coefficient (Wildman–Crippen LogP) is 2.62. The number of carbonyl (C=O) groups is 2. The first kappa shape index (κ1) is 18.0. The van der Waals surface area contributed by atoms with Crippen LogP contribution in [0.3, 0.4) is 0 Å². The molecule has 2 amide bonds. The molecule has 3 atom stereocenters. The molecule has 3 aliphatic heterocycles. The maximum absolute atomic E-state index is 12.4. The number of rotatable bonds is 4. The molecule has 150 valence electrons. The van der Waals surface area contributed by atoms with Crippen molar-refractivity contribution >= 4 is 17.7 Å². The van der Waals surface area contributed by atoms with Gasteiger partial charge in [0.25, 0.3) is 0 Å². The Labute approximate surface area is 166 Å². The molecular weight excluding hydrogens is 354 g/mol. The molecule has 28 heavy (non-hydrogen) atoms. The Balaban J connectivity index is 1.24. The molecule has 1 saturated carbocycles. The molecule has 1 aromatic rings. The molecule has 3 saturated heterocycles. The summed E-state index contributed by atoms with van der Waals surface area (Å²) in [7, 11) is 0. The van der Waals surface area contributed by atoms with Crippen LogP contribution in [0.4, 0.5) is 10.5 Å². The number of cyclic esters (lactones) is 1. The minimum absolute atomic E-state index is 0.0457. The first-order valence-electron chi connectivity index (χ1n) is 10.6. The number of carbonyl (C=O) groups excluding carboxylic acids is 2. The minimum Gasteiger partial charge on any atom is -0.443 e. The molecule has 0 aromatic heterocycles. The molecule has 0 N–H and O–H groups in total. The van der Waals surface area contributed by atoms with Crippen molar-refractivity contribution in [3.05, 3.63) is 29.8 Å². The van der Waals surface area contributed by atoms with E-state index in [9.17, 15) is 9.59 Å². The minimum atomic E-state index is -0.235. The van der Waals surface area contributed by atoms with Gasteiger partial charge < -0.3 is 9.64 Å². The third-order valence-corrected chi connectivity index (χ3v) is 7.13. The van der Waals surface area contributed by atoms with E-state index in [4.69, 9.17) is 4.74 Å². The van der Waals surface area contributed by atoms with Crippen LogP contribution in [0.2, 0.25) is 0 Å². The third kappa shape index (κ3) is 3.08. The van der Waals surface area contributed by atoms with Gasteiger partial charge in [-0.15, -0.1) is 0 Å². The Hall–Kier alpha value is -2.08. The topological polar surface area (TPSA) is 53.1 Å². The predicted molar refractivity (Wildman–Crippen MR) is 106 cm³/mol. The molecule has 1 aliphatic carbocycles. The quantitative estimate of drug-likeness (QED) is 0.802. The van der Waals surface area contributed by atoms with E-state index < -0.39 is 0 Å². The standard InChI is InChI=1S/C22H29N3O3/c1-16(26)24-12-18-11-22(18,15-24)17-5-7-19(8-6-17)25-14-20(28-21(25)27)13-23-9-3-2-4-10-23/h5-8,18,20H,2-4,9-15H2,1H3. The number of likely N-dealkylation sites (tertiary alicyclic amines) is 2. The summed E-state index contributed by atoms with van der Waals surface area (Å²) in [4.78, 5) is 30.2. The molecule has 4 fully saturated rings. The molecule has 1 aromatic carbocycles. The summed E-state index contributed by atoms with van der Waals surface area (Å²) in [6.07, 6.45) is 4.69. The summed E-state index contributed by atoms with van der Waals surface area (Å²) in [6, 6.07) is 8.37. The van der Waals surface area contributed by atoms with E-state index in [2.05, 4.69) is 17.0 Å². The third-order valence-electron chi connectivity index (χ3n) is 7.13. The highest BCUT2D eigenvalue weighted by molar-refractivity contribution is 5.89. The van der Waals surface area contributed by atoms with Gasteiger partial charge in [-0.05, 0) is 56.0 Å². The second kappa shape index (κ2) is 6.76. The fraction of sp³-hybridized carbons (Fsp3) is 0.636. The lowest BCUT2D eigenvalue weighted by Gasteiger charge is -2.27. The van der Waals surface area contributed by atoms with Gasteiger partial charge in [-0.25, -0.2) is 4.79 Å². The number of benzene rings is 1. The van der Waals surface area contributed by atoms with Crippen molar-refractivity contribution in [3.8, 4) is 0 Å². The van der Waals surface area contributed by atoms with Crippen LogP contribution in [0.1, 0.15) is 38.2 Å². The molecular formula is C22H29N3O3. The van der Waals surface area contributed by atoms with E-state index in [1.54, 1.807) is 11.8 Å². The van der Waals surface area contributed by atoms with Crippen molar-refractivity contribution in [2.45, 2.75) is 44.1 Å². The summed E-state index contributed by atoms with van der Waals surface area (Å²) < 4.78 is 5.63. The van der Waals surface area contributed by atoms with Gasteiger partial charge in [-0.2, -0.15) is 0 Å². The number of amides is 2. The van der Waals surface area contributed by atoms with Gasteiger partial charge in [-0.3, -0.25) is 14.6 Å². The molecule has 0 bridgehead atoms. The van der Waals surface area contributed by atoms with Crippen molar-refractivity contribution in [3.63, 3.8) is 0 Å². The Morgan fingerprint density at radius 3 is 2.57 bits per heavy atom. The fourth-order valence-electron chi connectivity index (χ4n) is 5.40. The van der Waals surface area contributed by atoms with Crippen LogP contribution in [0.15, 0.2) is 24.3 Å². The molecule has 6 heteroatoms. The molecule has 4 aliphatic rings. The zero-order valence-corrected chi connectivity index (χ0v) is 16.6. The van der Waals surface area contributed by atoms with Crippen LogP contribution in [-0.2, 0) is 14.9 Å². The average molecular weight is 383 g/mol. The highest BCUT2D eigenvalue weighted by Gasteiger charge is 2.61. The normalized spacial score (nSPS) is 32.4. The highest BCUT2D eigenvalue weighted by atomic mass is 16.6. The summed E-state index contributed by atoms with van der Waals surface area (Å²) in [5, 5.41) is 0. The number of fused-ring (bicyclic) bond motifs is 1. The van der Waals surface area contributed by atoms with E-state index in [0.29, 0.717) is 12.5 Å². The number of hydrogen-bond donors (Lipinski definition) is 0. The Bertz CT molecular complexity index is 774. The van der Waals surface area contributed by atoms with Crippen LogP contribution >= 0.6 is 0 Å². The van der Waals surface area contributed by atoms with Crippen molar-refractivity contribution in [2.75, 3.05) is 44.2 Å². The number of hydrogen-bond acceptors (Lipinski definition) is 4. The second-order valence-electron chi connectivity index (χ2n) is 8.98. The monoisotopic (exact) mass is 383 g/mol. The van der Waals surface area contributed by atoms with Crippen molar-refractivity contribution in [1.82, 2.24) is 9.80 Å². The maximum Gasteiger partial charge on any atom is 0.414 e. The molecule has 3 heterocycles. The largest absolute Gasteiger partial charge is 0.443 e. The zero-order chi connectivity index (χ0) is 19.3. The van der Waals surface area contributed by atoms with E-state index >= 15 is 0 Å². The van der Waals surface area contributed by atoms with Crippen molar-refractivity contribution in [2.24, 2.45) is 5.92 Å². The summed E-state index contributed by atoms with van der Waals surface area (Å²) >= 11 is 0. The van der Waals surface area contributed by atoms with Gasteiger partial charge in [-0.1, -0.05) is 18.6 Å². The van der Waals surface area contributed by atoms with Gasteiger partial charge >= 0.3 is 6.09 Å². The first-order chi connectivity index (χ1) is 13.5. The smallest absolute Gasteiger partial charge is 0.414 e. The second-order valence-corrected chi connectivity index (χ2v) is 8.98. The first-order valence-corrected chi connectivity index (χ1v) is 10.6. The van der Waals surface area contributed by atoms with E-state index in [1.807, 2.05) is 17.0 Å². The maximum atomic E-state index is 12.4. The SMILES string of the molecule is CC(=O)N1CC2CC2(c2ccc(N3CC(CN4CCCCC4)OC3=O)cc2)C1. The Kier molecular flexibility index (Phi) is 4.34. The average Bonchev–Trinajstić information content (AvgIpc) is 3.07. The van der Waals surface area contributed by atoms with Crippen molar-refractivity contribution in [1.29, 1.82) is 0 Å². The zero-order valence-electron chi connectivity index (χ0n) is 16.6. The highest BCUT2D eigenvalue weighted by Crippen LogP contribution is 2.59. The van der Waals surface area contributed by atoms with E-state index in [-0.39, 0.29) is 23.5 Å². The molecule has 0 spiro atoms. The van der Waals surface area contributed by atoms with Crippen LogP contribution in [-0.4, -0.2) is 67.2 Å². The summed E-state index contributed by atoms with van der Waals surface area (Å²) in [5.41, 5.74) is 2.35. The number of ether oxygens (including phenoxy) is 1. The lowest BCUT2D eigenvalue weighted by atomic mass is 9.94. The molecule has 6 nitrogen and oxygen atoms in total. The van der Waals surface area contributed by atoms with Crippen LogP contribution in [0, 0.1) is 5.92 Å². The summed E-state index contributed by atoms with van der Waals surface area (Å²) in [5.74, 6) is 0.760. The van der Waals surface area contributed by atoms with E-state index in [1.165, 1.54) is 31.2 Å². The van der Waals surface area contributed by atoms with Crippen molar-refractivity contribution < 1.29 is 14.3 Å². The Morgan fingerprint density at radius 2 is 1.89 bits per heavy atom. The van der Waals surface area contributed by atoms with Crippen LogP contribution in [0.25, 0.3) is 0 Å². The van der Waals surface area contributed by atoms with Gasteiger partial charge in [0.05, 0.1) is 6.54 Å². The Morgan fingerprint density at radius 1 is 1.14 bits per heavy atom. The number of piperidine rings is 2.